The average Bonchev–Trinajstić information content (AvgIpc) is 2.64. The number of hydrogen-bond acceptors (Lipinski definition) is 2. The molecule has 1 heterocycles. The molecule has 0 saturated heterocycles. The van der Waals surface area contributed by atoms with Crippen molar-refractivity contribution in [3.05, 3.63) is 88.6 Å². The minimum Gasteiger partial charge on any atom is -0.396 e. The number of rotatable bonds is 3. The third kappa shape index (κ3) is 2.42. The highest BCUT2D eigenvalue weighted by Gasteiger charge is 2.22. The lowest BCUT2D eigenvalue weighted by Crippen LogP contribution is -2.01. The van der Waals surface area contributed by atoms with E-state index in [1.807, 2.05) is 36.4 Å². The van der Waals surface area contributed by atoms with E-state index in [-0.39, 0.29) is 22.5 Å². The molecular weight excluding hydrogens is 316 g/mol. The summed E-state index contributed by atoms with van der Waals surface area (Å²) in [5.41, 5.74) is 1.24. The molecule has 3 aromatic carbocycles. The van der Waals surface area contributed by atoms with Gasteiger partial charge in [0, 0.05) is 17.1 Å². The van der Waals surface area contributed by atoms with Gasteiger partial charge in [-0.05, 0) is 48.4 Å². The van der Waals surface area contributed by atoms with Gasteiger partial charge >= 0.3 is 0 Å². The summed E-state index contributed by atoms with van der Waals surface area (Å²) in [7, 11) is -0.274. The summed E-state index contributed by atoms with van der Waals surface area (Å²) in [5.74, 6) is 0. The molecule has 0 aliphatic heterocycles. The number of hydrogen-bond donors (Lipinski definition) is 1. The second-order valence-corrected chi connectivity index (χ2v) is 7.71. The van der Waals surface area contributed by atoms with Crippen molar-refractivity contribution in [3.63, 3.8) is 0 Å². The molecule has 118 valence electrons. The summed E-state index contributed by atoms with van der Waals surface area (Å²) in [6.45, 7) is 0.158. The van der Waals surface area contributed by atoms with E-state index in [9.17, 15) is 4.79 Å². The third-order valence-corrected chi connectivity index (χ3v) is 6.60. The topological polar surface area (TPSA) is 37.3 Å². The fourth-order valence-corrected chi connectivity index (χ4v) is 5.45. The molecule has 3 heteroatoms. The monoisotopic (exact) mass is 333 g/mol. The summed E-state index contributed by atoms with van der Waals surface area (Å²) < 4.78 is 2.19. The largest absolute Gasteiger partial charge is 0.396 e. The Bertz CT molecular complexity index is 1020. The summed E-state index contributed by atoms with van der Waals surface area (Å²) in [4.78, 5) is 14.0. The van der Waals surface area contributed by atoms with Gasteiger partial charge in [0.2, 0.25) is 5.43 Å². The minimum absolute atomic E-state index is 0.113. The molecular formula is C21H17O2S+. The van der Waals surface area contributed by atoms with Crippen molar-refractivity contribution in [1.29, 1.82) is 0 Å². The molecule has 0 radical (unpaired) electrons. The maximum Gasteiger partial charge on any atom is 0.203 e. The third-order valence-electron chi connectivity index (χ3n) is 4.26. The Labute approximate surface area is 142 Å². The molecule has 0 amide bonds. The molecule has 0 unspecified atom stereocenters. The molecule has 0 atom stereocenters. The molecule has 0 aliphatic carbocycles. The van der Waals surface area contributed by atoms with E-state index in [0.29, 0.717) is 6.42 Å². The summed E-state index contributed by atoms with van der Waals surface area (Å²) in [6, 6.07) is 24.2. The minimum atomic E-state index is -0.274. The van der Waals surface area contributed by atoms with Gasteiger partial charge in [-0.3, -0.25) is 4.79 Å². The lowest BCUT2D eigenvalue weighted by atomic mass is 10.2. The van der Waals surface area contributed by atoms with Crippen LogP contribution in [0.5, 0.6) is 0 Å². The second-order valence-electron chi connectivity index (χ2n) is 5.75. The predicted octanol–water partition coefficient (Wildman–Crippen LogP) is 4.63. The Morgan fingerprint density at radius 2 is 1.29 bits per heavy atom. The van der Waals surface area contributed by atoms with Crippen LogP contribution in [0.3, 0.4) is 0 Å². The smallest absolute Gasteiger partial charge is 0.203 e. The Balaban J connectivity index is 2.08. The Hall–Kier alpha value is -2.49. The first kappa shape index (κ1) is 15.1. The Morgan fingerprint density at radius 3 is 1.83 bits per heavy atom. The Kier molecular flexibility index (Phi) is 3.89. The van der Waals surface area contributed by atoms with Gasteiger partial charge in [-0.2, -0.15) is 0 Å². The van der Waals surface area contributed by atoms with Gasteiger partial charge in [-0.15, -0.1) is 0 Å². The zero-order chi connectivity index (χ0) is 16.5. The van der Waals surface area contributed by atoms with Crippen LogP contribution in [-0.2, 0) is 6.42 Å². The van der Waals surface area contributed by atoms with E-state index in [0.717, 1.165) is 25.7 Å². The maximum atomic E-state index is 12.8. The Morgan fingerprint density at radius 1 is 0.750 bits per heavy atom. The van der Waals surface area contributed by atoms with Crippen LogP contribution in [0.15, 0.2) is 77.6 Å². The highest BCUT2D eigenvalue weighted by molar-refractivity contribution is 7.49. The molecule has 0 fully saturated rings. The van der Waals surface area contributed by atoms with Crippen molar-refractivity contribution in [1.82, 2.24) is 0 Å². The van der Waals surface area contributed by atoms with Crippen LogP contribution in [0.25, 0.3) is 25.1 Å². The highest BCUT2D eigenvalue weighted by Crippen LogP contribution is 2.42. The first-order valence-corrected chi connectivity index (χ1v) is 9.19. The summed E-state index contributed by atoms with van der Waals surface area (Å²) in [6.07, 6.45) is 0.666. The van der Waals surface area contributed by atoms with Crippen molar-refractivity contribution in [2.45, 2.75) is 6.42 Å². The average molecular weight is 333 g/mol. The van der Waals surface area contributed by atoms with Crippen molar-refractivity contribution >= 4 is 30.6 Å². The quantitative estimate of drug-likeness (QED) is 0.438. The van der Waals surface area contributed by atoms with Gasteiger partial charge in [0.1, 0.15) is 0 Å². The molecule has 4 rings (SSSR count). The number of aliphatic hydroxyl groups is 1. The van der Waals surface area contributed by atoms with E-state index in [1.54, 1.807) is 0 Å². The van der Waals surface area contributed by atoms with Gasteiger partial charge in [0.25, 0.3) is 0 Å². The molecule has 0 bridgehead atoms. The number of benzene rings is 3. The van der Waals surface area contributed by atoms with Crippen LogP contribution in [0.1, 0.15) is 5.56 Å². The molecule has 1 aromatic heterocycles. The summed E-state index contributed by atoms with van der Waals surface area (Å²) in [5, 5.41) is 10.7. The zero-order valence-electron chi connectivity index (χ0n) is 13.1. The fourth-order valence-electron chi connectivity index (χ4n) is 3.10. The van der Waals surface area contributed by atoms with E-state index >= 15 is 0 Å². The van der Waals surface area contributed by atoms with Crippen LogP contribution in [0.4, 0.5) is 0 Å². The molecule has 0 aliphatic rings. The standard InChI is InChI=1S/C21H17O2S/c22-14-13-15-9-11-16(12-10-15)24-19-7-3-1-5-17(19)21(23)18-6-2-4-8-20(18)24/h1-12,22H,13-14H2/q+1. The van der Waals surface area contributed by atoms with E-state index in [1.165, 1.54) is 4.90 Å². The molecule has 0 spiro atoms. The number of aliphatic hydroxyl groups excluding tert-OH is 1. The van der Waals surface area contributed by atoms with Crippen molar-refractivity contribution in [3.8, 4) is 4.90 Å². The second kappa shape index (κ2) is 6.19. The first-order chi connectivity index (χ1) is 11.8. The van der Waals surface area contributed by atoms with Crippen molar-refractivity contribution in [2.75, 3.05) is 6.61 Å². The lowest BCUT2D eigenvalue weighted by molar-refractivity contribution is 0.299. The van der Waals surface area contributed by atoms with Gasteiger partial charge in [0.15, 0.2) is 14.3 Å². The summed E-state index contributed by atoms with van der Waals surface area (Å²) >= 11 is 0. The van der Waals surface area contributed by atoms with Crippen molar-refractivity contribution < 1.29 is 5.11 Å². The van der Waals surface area contributed by atoms with Crippen LogP contribution < -0.4 is 5.43 Å². The van der Waals surface area contributed by atoms with Crippen LogP contribution >= 0.6 is 10.5 Å². The van der Waals surface area contributed by atoms with Gasteiger partial charge < -0.3 is 5.11 Å². The van der Waals surface area contributed by atoms with Crippen LogP contribution in [-0.4, -0.2) is 11.7 Å². The number of fused-ring (bicyclic) bond motifs is 2. The highest BCUT2D eigenvalue weighted by atomic mass is 32.2. The van der Waals surface area contributed by atoms with Crippen LogP contribution in [0, 0.1) is 0 Å². The SMILES string of the molecule is O=c1c2ccccc2[s+](-c2ccc(CCO)cc2)c2ccccc12. The molecule has 24 heavy (non-hydrogen) atoms. The van der Waals surface area contributed by atoms with Gasteiger partial charge in [-0.25, -0.2) is 0 Å². The van der Waals surface area contributed by atoms with Gasteiger partial charge in [0.05, 0.1) is 10.8 Å². The first-order valence-electron chi connectivity index (χ1n) is 7.96. The lowest BCUT2D eigenvalue weighted by Gasteiger charge is -2.04. The predicted molar refractivity (Wildman–Crippen MR) is 102 cm³/mol. The maximum absolute atomic E-state index is 12.8. The molecule has 2 nitrogen and oxygen atoms in total. The molecule has 1 N–H and O–H groups in total. The van der Waals surface area contributed by atoms with Crippen LogP contribution in [0.2, 0.25) is 0 Å². The molecule has 0 saturated carbocycles. The van der Waals surface area contributed by atoms with E-state index in [4.69, 9.17) is 5.11 Å². The van der Waals surface area contributed by atoms with Crippen molar-refractivity contribution in [2.24, 2.45) is 0 Å². The van der Waals surface area contributed by atoms with E-state index < -0.39 is 0 Å². The normalized spacial score (nSPS) is 11.2. The fraction of sp³-hybridized carbons (Fsp3) is 0.0952. The molecule has 4 aromatic rings. The zero-order valence-corrected chi connectivity index (χ0v) is 13.9. The van der Waals surface area contributed by atoms with E-state index in [2.05, 4.69) is 36.4 Å². The van der Waals surface area contributed by atoms with Gasteiger partial charge in [-0.1, -0.05) is 36.4 Å².